The number of nitrogens with one attached hydrogen (secondary N) is 4. The minimum Gasteiger partial charge on any atom is -0.331 e. The lowest BCUT2D eigenvalue weighted by atomic mass is 9.93. The van der Waals surface area contributed by atoms with E-state index in [1.165, 1.54) is 25.3 Å². The van der Waals surface area contributed by atoms with Crippen molar-refractivity contribution >= 4 is 17.5 Å². The highest BCUT2D eigenvalue weighted by Crippen LogP contribution is 2.67. The molecule has 4 rings (SSSR count). The third-order valence-electron chi connectivity index (χ3n) is 5.49. The first kappa shape index (κ1) is 18.5. The number of hydrogen-bond donors (Lipinski definition) is 4. The minimum atomic E-state index is -2.71. The quantitative estimate of drug-likeness (QED) is 0.632. The smallest absolute Gasteiger partial charge is 0.320 e. The Labute approximate surface area is 159 Å². The van der Waals surface area contributed by atoms with Crippen LogP contribution in [0.2, 0.25) is 0 Å². The van der Waals surface area contributed by atoms with Crippen molar-refractivity contribution in [2.75, 3.05) is 10.7 Å². The number of pyridine rings is 1. The van der Waals surface area contributed by atoms with Crippen LogP contribution < -0.4 is 21.5 Å². The molecule has 0 saturated heterocycles. The van der Waals surface area contributed by atoms with Gasteiger partial charge in [-0.1, -0.05) is 19.1 Å². The lowest BCUT2D eigenvalue weighted by molar-refractivity contribution is 0.0569. The molecule has 1 fully saturated rings. The molecule has 2 amide bonds. The van der Waals surface area contributed by atoms with Crippen LogP contribution >= 0.6 is 0 Å². The molecule has 1 aliphatic carbocycles. The van der Waals surface area contributed by atoms with Crippen LogP contribution in [0, 0.1) is 11.2 Å². The van der Waals surface area contributed by atoms with E-state index in [0.29, 0.717) is 11.3 Å². The molecule has 0 bridgehead atoms. The molecule has 1 aliphatic heterocycles. The van der Waals surface area contributed by atoms with Crippen molar-refractivity contribution in [2.24, 2.45) is 5.41 Å². The summed E-state index contributed by atoms with van der Waals surface area (Å²) in [5.41, 5.74) is 6.63. The molecule has 148 valence electrons. The summed E-state index contributed by atoms with van der Waals surface area (Å²) in [6, 6.07) is 6.07. The average Bonchev–Trinajstić information content (AvgIpc) is 2.97. The van der Waals surface area contributed by atoms with Crippen molar-refractivity contribution in [3.8, 4) is 0 Å². The molecule has 3 atom stereocenters. The number of alkyl halides is 2. The third kappa shape index (κ3) is 3.15. The number of benzene rings is 1. The Morgan fingerprint density at radius 2 is 2.00 bits per heavy atom. The zero-order chi connectivity index (χ0) is 20.1. The fourth-order valence-electron chi connectivity index (χ4n) is 3.52. The Kier molecular flexibility index (Phi) is 4.22. The standard InChI is InChI=1S/C19H20F3N5O/c1-10(11-3-5-12(20)6-4-11)24-17(28)25-15-7-14-13(8-23-15)16(27-26-14)18(2)9-19(18,21)22/h3-8,10,16,26-27H,9H2,1-2H3,(H2,23,24,25,28)/t10-,16?,18?/m1/s1. The van der Waals surface area contributed by atoms with E-state index in [9.17, 15) is 18.0 Å². The van der Waals surface area contributed by atoms with Gasteiger partial charge in [-0.3, -0.25) is 5.32 Å². The summed E-state index contributed by atoms with van der Waals surface area (Å²) in [5, 5.41) is 5.36. The number of hydrazine groups is 1. The van der Waals surface area contributed by atoms with E-state index in [1.807, 2.05) is 0 Å². The molecule has 6 nitrogen and oxygen atoms in total. The molecule has 28 heavy (non-hydrogen) atoms. The van der Waals surface area contributed by atoms with Crippen LogP contribution in [-0.4, -0.2) is 16.9 Å². The third-order valence-corrected chi connectivity index (χ3v) is 5.49. The molecule has 1 aromatic heterocycles. The second kappa shape index (κ2) is 6.37. The second-order valence-electron chi connectivity index (χ2n) is 7.53. The number of nitrogens with zero attached hydrogens (tertiary/aromatic N) is 1. The highest BCUT2D eigenvalue weighted by atomic mass is 19.3. The van der Waals surface area contributed by atoms with E-state index in [2.05, 4.69) is 26.5 Å². The van der Waals surface area contributed by atoms with E-state index in [4.69, 9.17) is 0 Å². The molecular formula is C19H20F3N5O. The molecule has 2 unspecified atom stereocenters. The van der Waals surface area contributed by atoms with Gasteiger partial charge < -0.3 is 10.7 Å². The number of amides is 2. The van der Waals surface area contributed by atoms with Crippen molar-refractivity contribution in [1.82, 2.24) is 15.7 Å². The fourth-order valence-corrected chi connectivity index (χ4v) is 3.52. The zero-order valence-corrected chi connectivity index (χ0v) is 15.3. The fraction of sp³-hybridized carbons (Fsp3) is 0.368. The van der Waals surface area contributed by atoms with Gasteiger partial charge >= 0.3 is 6.03 Å². The van der Waals surface area contributed by atoms with Crippen LogP contribution in [0.1, 0.15) is 43.5 Å². The van der Waals surface area contributed by atoms with Gasteiger partial charge in [-0.2, -0.15) is 0 Å². The van der Waals surface area contributed by atoms with Crippen molar-refractivity contribution in [3.63, 3.8) is 0 Å². The molecule has 2 heterocycles. The van der Waals surface area contributed by atoms with Gasteiger partial charge in [-0.15, -0.1) is 0 Å². The van der Waals surface area contributed by atoms with Gasteiger partial charge in [0, 0.05) is 24.2 Å². The van der Waals surface area contributed by atoms with Crippen molar-refractivity contribution in [3.05, 3.63) is 53.5 Å². The van der Waals surface area contributed by atoms with Gasteiger partial charge in [0.15, 0.2) is 0 Å². The largest absolute Gasteiger partial charge is 0.331 e. The van der Waals surface area contributed by atoms with Crippen molar-refractivity contribution in [2.45, 2.75) is 38.3 Å². The van der Waals surface area contributed by atoms with Gasteiger partial charge in [0.25, 0.3) is 5.92 Å². The molecule has 9 heteroatoms. The van der Waals surface area contributed by atoms with E-state index in [0.717, 1.165) is 5.56 Å². The summed E-state index contributed by atoms with van der Waals surface area (Å²) in [7, 11) is 0. The van der Waals surface area contributed by atoms with Crippen LogP contribution in [0.25, 0.3) is 0 Å². The summed E-state index contributed by atoms with van der Waals surface area (Å²) in [6.45, 7) is 3.31. The van der Waals surface area contributed by atoms with E-state index in [1.54, 1.807) is 25.1 Å². The molecule has 1 aromatic carbocycles. The summed E-state index contributed by atoms with van der Waals surface area (Å²) < 4.78 is 40.4. The molecule has 4 N–H and O–H groups in total. The molecule has 1 saturated carbocycles. The second-order valence-corrected chi connectivity index (χ2v) is 7.53. The molecular weight excluding hydrogens is 371 g/mol. The maximum Gasteiger partial charge on any atom is 0.320 e. The Balaban J connectivity index is 1.41. The van der Waals surface area contributed by atoms with Crippen molar-refractivity contribution in [1.29, 1.82) is 0 Å². The predicted octanol–water partition coefficient (Wildman–Crippen LogP) is 4.12. The highest BCUT2D eigenvalue weighted by Gasteiger charge is 2.72. The zero-order valence-electron chi connectivity index (χ0n) is 15.3. The maximum absolute atomic E-state index is 13.7. The average molecular weight is 391 g/mol. The Bertz CT molecular complexity index is 920. The molecule has 0 spiro atoms. The number of carbonyl (C=O) groups is 1. The van der Waals surface area contributed by atoms with Crippen molar-refractivity contribution < 1.29 is 18.0 Å². The van der Waals surface area contributed by atoms with Gasteiger partial charge in [0.05, 0.1) is 23.2 Å². The van der Waals surface area contributed by atoms with Gasteiger partial charge in [0.2, 0.25) is 0 Å². The number of aromatic nitrogens is 1. The van der Waals surface area contributed by atoms with Crippen LogP contribution in [-0.2, 0) is 0 Å². The van der Waals surface area contributed by atoms with E-state index < -0.39 is 23.4 Å². The maximum atomic E-state index is 13.7. The Morgan fingerprint density at radius 1 is 1.32 bits per heavy atom. The summed E-state index contributed by atoms with van der Waals surface area (Å²) in [4.78, 5) is 16.4. The van der Waals surface area contributed by atoms with Gasteiger partial charge in [-0.25, -0.2) is 28.4 Å². The number of hydrogen-bond acceptors (Lipinski definition) is 4. The summed E-state index contributed by atoms with van der Waals surface area (Å²) in [5.74, 6) is -2.77. The first-order valence-corrected chi connectivity index (χ1v) is 8.92. The molecule has 2 aromatic rings. The highest BCUT2D eigenvalue weighted by molar-refractivity contribution is 5.89. The number of urea groups is 1. The van der Waals surface area contributed by atoms with Crippen LogP contribution in [0.15, 0.2) is 36.5 Å². The first-order chi connectivity index (χ1) is 13.2. The van der Waals surface area contributed by atoms with Crippen LogP contribution in [0.3, 0.4) is 0 Å². The number of anilines is 2. The van der Waals surface area contributed by atoms with Crippen LogP contribution in [0.5, 0.6) is 0 Å². The number of halogens is 3. The number of rotatable bonds is 4. The Morgan fingerprint density at radius 3 is 2.64 bits per heavy atom. The first-order valence-electron chi connectivity index (χ1n) is 8.92. The van der Waals surface area contributed by atoms with Gasteiger partial charge in [0.1, 0.15) is 11.6 Å². The lowest BCUT2D eigenvalue weighted by Gasteiger charge is -2.19. The van der Waals surface area contributed by atoms with Gasteiger partial charge in [-0.05, 0) is 24.6 Å². The normalized spacial score (nSPS) is 25.4. The number of fused-ring (bicyclic) bond motifs is 1. The van der Waals surface area contributed by atoms with E-state index >= 15 is 0 Å². The topological polar surface area (TPSA) is 78.1 Å². The minimum absolute atomic E-state index is 0.178. The lowest BCUT2D eigenvalue weighted by Crippen LogP contribution is -2.31. The molecule has 2 aliphatic rings. The Hall–Kier alpha value is -2.81. The number of carbonyl (C=O) groups excluding carboxylic acids is 1. The SMILES string of the molecule is C[C@@H](NC(=O)Nc1cc2c(cn1)C(C1(C)CC1(F)F)NN2)c1ccc(F)cc1. The van der Waals surface area contributed by atoms with E-state index in [-0.39, 0.29) is 24.1 Å². The summed E-state index contributed by atoms with van der Waals surface area (Å²) in [6.07, 6.45) is 1.31. The predicted molar refractivity (Wildman–Crippen MR) is 98.4 cm³/mol. The van der Waals surface area contributed by atoms with Crippen LogP contribution in [0.4, 0.5) is 29.5 Å². The molecule has 0 radical (unpaired) electrons. The summed E-state index contributed by atoms with van der Waals surface area (Å²) >= 11 is 0. The monoisotopic (exact) mass is 391 g/mol.